The van der Waals surface area contributed by atoms with Crippen molar-refractivity contribution in [3.8, 4) is 0 Å². The lowest BCUT2D eigenvalue weighted by Gasteiger charge is -2.11. The SMILES string of the molecule is CNC(=O)c1ccc(CNCC(C)C2CC2)cc1. The topological polar surface area (TPSA) is 41.1 Å². The summed E-state index contributed by atoms with van der Waals surface area (Å²) in [6.45, 7) is 4.28. The highest BCUT2D eigenvalue weighted by atomic mass is 16.1. The van der Waals surface area contributed by atoms with E-state index >= 15 is 0 Å². The van der Waals surface area contributed by atoms with Crippen molar-refractivity contribution in [3.63, 3.8) is 0 Å². The number of benzene rings is 1. The van der Waals surface area contributed by atoms with Gasteiger partial charge in [-0.15, -0.1) is 0 Å². The quantitative estimate of drug-likeness (QED) is 0.808. The van der Waals surface area contributed by atoms with E-state index in [1.54, 1.807) is 7.05 Å². The fourth-order valence-corrected chi connectivity index (χ4v) is 2.19. The molecule has 1 aromatic rings. The average molecular weight is 246 g/mol. The zero-order valence-corrected chi connectivity index (χ0v) is 11.2. The summed E-state index contributed by atoms with van der Waals surface area (Å²) in [5.74, 6) is 1.71. The summed E-state index contributed by atoms with van der Waals surface area (Å²) in [6, 6.07) is 7.78. The summed E-state index contributed by atoms with van der Waals surface area (Å²) < 4.78 is 0. The van der Waals surface area contributed by atoms with E-state index in [0.717, 1.165) is 24.9 Å². The average Bonchev–Trinajstić information content (AvgIpc) is 3.23. The molecule has 1 unspecified atom stereocenters. The van der Waals surface area contributed by atoms with Gasteiger partial charge in [0.05, 0.1) is 0 Å². The van der Waals surface area contributed by atoms with Crippen LogP contribution in [0.5, 0.6) is 0 Å². The standard InChI is InChI=1S/C15H22N2O/c1-11(13-7-8-13)9-17-10-12-3-5-14(6-4-12)15(18)16-2/h3-6,11,13,17H,7-10H2,1-2H3,(H,16,18). The van der Waals surface area contributed by atoms with E-state index in [2.05, 4.69) is 17.6 Å². The maximum absolute atomic E-state index is 11.4. The van der Waals surface area contributed by atoms with Crippen molar-refractivity contribution in [2.45, 2.75) is 26.3 Å². The number of hydrogen-bond donors (Lipinski definition) is 2. The van der Waals surface area contributed by atoms with E-state index in [1.165, 1.54) is 18.4 Å². The van der Waals surface area contributed by atoms with Crippen LogP contribution < -0.4 is 10.6 Å². The first kappa shape index (κ1) is 13.1. The van der Waals surface area contributed by atoms with Gasteiger partial charge in [-0.05, 0) is 48.9 Å². The minimum absolute atomic E-state index is 0.0307. The van der Waals surface area contributed by atoms with Crippen molar-refractivity contribution in [2.24, 2.45) is 11.8 Å². The van der Waals surface area contributed by atoms with Crippen molar-refractivity contribution in [1.29, 1.82) is 0 Å². The Morgan fingerprint density at radius 1 is 1.33 bits per heavy atom. The normalized spacial score (nSPS) is 16.3. The molecule has 1 fully saturated rings. The van der Waals surface area contributed by atoms with Crippen LogP contribution in [-0.2, 0) is 6.54 Å². The Hall–Kier alpha value is -1.35. The lowest BCUT2D eigenvalue weighted by atomic mass is 10.1. The molecule has 0 spiro atoms. The van der Waals surface area contributed by atoms with E-state index < -0.39 is 0 Å². The van der Waals surface area contributed by atoms with Crippen LogP contribution in [0.4, 0.5) is 0 Å². The molecule has 18 heavy (non-hydrogen) atoms. The van der Waals surface area contributed by atoms with Gasteiger partial charge in [0.25, 0.3) is 5.91 Å². The molecule has 1 aliphatic carbocycles. The molecular formula is C15H22N2O. The van der Waals surface area contributed by atoms with Crippen LogP contribution in [0.3, 0.4) is 0 Å². The molecule has 3 nitrogen and oxygen atoms in total. The summed E-state index contributed by atoms with van der Waals surface area (Å²) in [7, 11) is 1.65. The highest BCUT2D eigenvalue weighted by molar-refractivity contribution is 5.93. The molecule has 98 valence electrons. The summed E-state index contributed by atoms with van der Waals surface area (Å²) in [4.78, 5) is 11.4. The van der Waals surface area contributed by atoms with Gasteiger partial charge in [-0.25, -0.2) is 0 Å². The Bertz CT molecular complexity index is 395. The Balaban J connectivity index is 1.77. The van der Waals surface area contributed by atoms with Gasteiger partial charge < -0.3 is 10.6 Å². The van der Waals surface area contributed by atoms with E-state index in [9.17, 15) is 4.79 Å². The number of rotatable bonds is 6. The third-order valence-electron chi connectivity index (χ3n) is 3.67. The van der Waals surface area contributed by atoms with Crippen molar-refractivity contribution < 1.29 is 4.79 Å². The largest absolute Gasteiger partial charge is 0.355 e. The second-order valence-corrected chi connectivity index (χ2v) is 5.22. The molecule has 1 atom stereocenters. The van der Waals surface area contributed by atoms with Crippen LogP contribution >= 0.6 is 0 Å². The monoisotopic (exact) mass is 246 g/mol. The minimum Gasteiger partial charge on any atom is -0.355 e. The fraction of sp³-hybridized carbons (Fsp3) is 0.533. The molecule has 2 N–H and O–H groups in total. The van der Waals surface area contributed by atoms with Gasteiger partial charge in [-0.2, -0.15) is 0 Å². The van der Waals surface area contributed by atoms with E-state index in [-0.39, 0.29) is 5.91 Å². The van der Waals surface area contributed by atoms with Crippen LogP contribution in [0.25, 0.3) is 0 Å². The smallest absolute Gasteiger partial charge is 0.251 e. The van der Waals surface area contributed by atoms with Gasteiger partial charge in [0.2, 0.25) is 0 Å². The second-order valence-electron chi connectivity index (χ2n) is 5.22. The molecule has 0 bridgehead atoms. The highest BCUT2D eigenvalue weighted by Crippen LogP contribution is 2.36. The Labute approximate surface area is 109 Å². The molecule has 1 amide bonds. The van der Waals surface area contributed by atoms with E-state index in [4.69, 9.17) is 0 Å². The van der Waals surface area contributed by atoms with Gasteiger partial charge in [-0.1, -0.05) is 19.1 Å². The van der Waals surface area contributed by atoms with Gasteiger partial charge in [0.1, 0.15) is 0 Å². The van der Waals surface area contributed by atoms with Crippen molar-refractivity contribution >= 4 is 5.91 Å². The van der Waals surface area contributed by atoms with Crippen LogP contribution in [0.1, 0.15) is 35.7 Å². The summed E-state index contributed by atoms with van der Waals surface area (Å²) in [6.07, 6.45) is 2.81. The maximum Gasteiger partial charge on any atom is 0.251 e. The Morgan fingerprint density at radius 3 is 2.56 bits per heavy atom. The summed E-state index contributed by atoms with van der Waals surface area (Å²) in [5, 5.41) is 6.11. The number of nitrogens with one attached hydrogen (secondary N) is 2. The lowest BCUT2D eigenvalue weighted by molar-refractivity contribution is 0.0963. The minimum atomic E-state index is -0.0307. The number of amides is 1. The number of hydrogen-bond acceptors (Lipinski definition) is 2. The molecule has 0 radical (unpaired) electrons. The van der Waals surface area contributed by atoms with Crippen LogP contribution in [0.2, 0.25) is 0 Å². The van der Waals surface area contributed by atoms with Crippen molar-refractivity contribution in [3.05, 3.63) is 35.4 Å². The van der Waals surface area contributed by atoms with Gasteiger partial charge in [-0.3, -0.25) is 4.79 Å². The van der Waals surface area contributed by atoms with Crippen molar-refractivity contribution in [2.75, 3.05) is 13.6 Å². The van der Waals surface area contributed by atoms with Crippen molar-refractivity contribution in [1.82, 2.24) is 10.6 Å². The third kappa shape index (κ3) is 3.57. The van der Waals surface area contributed by atoms with Crippen LogP contribution in [-0.4, -0.2) is 19.5 Å². The molecule has 0 heterocycles. The maximum atomic E-state index is 11.4. The predicted octanol–water partition coefficient (Wildman–Crippen LogP) is 2.18. The third-order valence-corrected chi connectivity index (χ3v) is 3.67. The first-order valence-electron chi connectivity index (χ1n) is 6.72. The molecule has 0 saturated heterocycles. The molecule has 1 aromatic carbocycles. The Kier molecular flexibility index (Phi) is 4.37. The zero-order chi connectivity index (χ0) is 13.0. The second kappa shape index (κ2) is 6.01. The van der Waals surface area contributed by atoms with Gasteiger partial charge >= 0.3 is 0 Å². The molecule has 3 heteroatoms. The molecule has 1 saturated carbocycles. The van der Waals surface area contributed by atoms with Crippen LogP contribution in [0, 0.1) is 11.8 Å². The number of carbonyl (C=O) groups excluding carboxylic acids is 1. The molecule has 1 aliphatic rings. The first-order valence-corrected chi connectivity index (χ1v) is 6.72. The summed E-state index contributed by atoms with van der Waals surface area (Å²) >= 11 is 0. The molecule has 0 aromatic heterocycles. The zero-order valence-electron chi connectivity index (χ0n) is 11.2. The summed E-state index contributed by atoms with van der Waals surface area (Å²) in [5.41, 5.74) is 1.94. The predicted molar refractivity (Wildman–Crippen MR) is 73.4 cm³/mol. The van der Waals surface area contributed by atoms with Gasteiger partial charge in [0, 0.05) is 19.2 Å². The molecule has 0 aliphatic heterocycles. The Morgan fingerprint density at radius 2 is 2.00 bits per heavy atom. The lowest BCUT2D eigenvalue weighted by Crippen LogP contribution is -2.22. The van der Waals surface area contributed by atoms with Crippen LogP contribution in [0.15, 0.2) is 24.3 Å². The van der Waals surface area contributed by atoms with E-state index in [0.29, 0.717) is 5.56 Å². The fourth-order valence-electron chi connectivity index (χ4n) is 2.19. The highest BCUT2D eigenvalue weighted by Gasteiger charge is 2.27. The number of carbonyl (C=O) groups is 1. The first-order chi connectivity index (χ1) is 8.70. The van der Waals surface area contributed by atoms with Gasteiger partial charge in [0.15, 0.2) is 0 Å². The van der Waals surface area contributed by atoms with E-state index in [1.807, 2.05) is 24.3 Å². The molecular weight excluding hydrogens is 224 g/mol. The molecule has 2 rings (SSSR count).